The summed E-state index contributed by atoms with van der Waals surface area (Å²) in [6, 6.07) is 17.4. The molecule has 0 aromatic heterocycles. The van der Waals surface area contributed by atoms with E-state index < -0.39 is 0 Å². The minimum Gasteiger partial charge on any atom is -0.377 e. The number of ether oxygens (including phenoxy) is 1. The second-order valence-corrected chi connectivity index (χ2v) is 10.9. The van der Waals surface area contributed by atoms with E-state index in [0.29, 0.717) is 5.92 Å². The van der Waals surface area contributed by atoms with E-state index in [4.69, 9.17) is 16.3 Å². The zero-order valence-corrected chi connectivity index (χ0v) is 21.2. The van der Waals surface area contributed by atoms with Crippen molar-refractivity contribution in [3.05, 3.63) is 105 Å². The van der Waals surface area contributed by atoms with Crippen LogP contribution in [0.25, 0.3) is 11.6 Å². The molecule has 1 aliphatic heterocycles. The van der Waals surface area contributed by atoms with Crippen LogP contribution >= 0.6 is 11.6 Å². The average Bonchev–Trinajstić information content (AvgIpc) is 2.86. The van der Waals surface area contributed by atoms with Crippen molar-refractivity contribution in [2.75, 3.05) is 13.2 Å². The number of rotatable bonds is 2. The normalized spacial score (nSPS) is 22.4. The van der Waals surface area contributed by atoms with E-state index in [1.54, 1.807) is 22.3 Å². The molecule has 2 heteroatoms. The largest absolute Gasteiger partial charge is 0.377 e. The van der Waals surface area contributed by atoms with Gasteiger partial charge in [0.25, 0.3) is 0 Å². The van der Waals surface area contributed by atoms with Crippen molar-refractivity contribution in [3.8, 4) is 0 Å². The van der Waals surface area contributed by atoms with Crippen molar-refractivity contribution >= 4 is 23.3 Å². The van der Waals surface area contributed by atoms with Gasteiger partial charge >= 0.3 is 0 Å². The minimum atomic E-state index is 0.253. The first-order valence-corrected chi connectivity index (χ1v) is 13.1. The molecule has 1 heterocycles. The Balaban J connectivity index is 0.000000351. The van der Waals surface area contributed by atoms with Crippen LogP contribution in [0, 0.1) is 11.3 Å². The van der Waals surface area contributed by atoms with Crippen LogP contribution in [0.1, 0.15) is 51.5 Å². The maximum absolute atomic E-state index is 6.12. The molecule has 0 spiro atoms. The van der Waals surface area contributed by atoms with Gasteiger partial charge in [0.2, 0.25) is 0 Å². The molecule has 1 atom stereocenters. The van der Waals surface area contributed by atoms with Gasteiger partial charge in [0.05, 0.1) is 13.2 Å². The molecule has 1 unspecified atom stereocenters. The van der Waals surface area contributed by atoms with E-state index in [0.717, 1.165) is 43.9 Å². The van der Waals surface area contributed by atoms with E-state index in [1.165, 1.54) is 28.8 Å². The first-order valence-electron chi connectivity index (χ1n) is 12.7. The summed E-state index contributed by atoms with van der Waals surface area (Å²) in [5.41, 5.74) is 8.12. The maximum atomic E-state index is 6.12. The summed E-state index contributed by atoms with van der Waals surface area (Å²) < 4.78 is 4.98. The monoisotopic (exact) mass is 470 g/mol. The number of halogens is 1. The van der Waals surface area contributed by atoms with Crippen LogP contribution in [0.15, 0.2) is 83.5 Å². The highest BCUT2D eigenvalue weighted by Gasteiger charge is 2.39. The van der Waals surface area contributed by atoms with E-state index in [2.05, 4.69) is 68.5 Å². The summed E-state index contributed by atoms with van der Waals surface area (Å²) in [5.74, 6) is 0.556. The Hall–Kier alpha value is -2.35. The fourth-order valence-electron chi connectivity index (χ4n) is 6.03. The van der Waals surface area contributed by atoms with Gasteiger partial charge in [-0.1, -0.05) is 86.2 Å². The Morgan fingerprint density at radius 1 is 0.941 bits per heavy atom. The van der Waals surface area contributed by atoms with Crippen LogP contribution in [-0.2, 0) is 11.2 Å². The number of allylic oxidation sites excluding steroid dienone is 4. The molecule has 4 aliphatic rings. The quantitative estimate of drug-likeness (QED) is 0.432. The van der Waals surface area contributed by atoms with E-state index in [1.807, 2.05) is 18.2 Å². The van der Waals surface area contributed by atoms with Crippen molar-refractivity contribution in [1.82, 2.24) is 0 Å². The first kappa shape index (κ1) is 23.4. The van der Waals surface area contributed by atoms with E-state index in [9.17, 15) is 0 Å². The lowest BCUT2D eigenvalue weighted by Gasteiger charge is -2.43. The summed E-state index contributed by atoms with van der Waals surface area (Å²) in [6.07, 6.45) is 16.0. The third kappa shape index (κ3) is 4.88. The van der Waals surface area contributed by atoms with Crippen molar-refractivity contribution < 1.29 is 4.74 Å². The lowest BCUT2D eigenvalue weighted by atomic mass is 9.61. The molecule has 0 saturated carbocycles. The van der Waals surface area contributed by atoms with Crippen LogP contribution in [0.3, 0.4) is 0 Å². The Morgan fingerprint density at radius 2 is 1.76 bits per heavy atom. The molecule has 3 aliphatic carbocycles. The molecule has 2 aromatic rings. The van der Waals surface area contributed by atoms with E-state index in [-0.39, 0.29) is 5.41 Å². The van der Waals surface area contributed by atoms with Gasteiger partial charge in [-0.3, -0.25) is 0 Å². The van der Waals surface area contributed by atoms with Gasteiger partial charge in [-0.05, 0) is 100 Å². The third-order valence-corrected chi connectivity index (χ3v) is 7.92. The predicted molar refractivity (Wildman–Crippen MR) is 144 cm³/mol. The Bertz CT molecular complexity index is 1250. The highest BCUT2D eigenvalue weighted by molar-refractivity contribution is 6.30. The molecule has 1 nitrogen and oxygen atoms in total. The molecule has 0 saturated heterocycles. The van der Waals surface area contributed by atoms with Crippen molar-refractivity contribution in [2.45, 2.75) is 52.4 Å². The number of benzene rings is 2. The lowest BCUT2D eigenvalue weighted by molar-refractivity contribution is 0.158. The fraction of sp³-hybridized carbons (Fsp3) is 0.375. The molecule has 0 radical (unpaired) electrons. The highest BCUT2D eigenvalue weighted by Crippen LogP contribution is 2.52. The summed E-state index contributed by atoms with van der Waals surface area (Å²) in [6.45, 7) is 6.63. The second-order valence-electron chi connectivity index (χ2n) is 10.5. The van der Waals surface area contributed by atoms with Gasteiger partial charge in [0, 0.05) is 5.02 Å². The SMILES string of the molecule is C1=CCOCC1.CC1(C)CCC=C2C1=C1CC=c3ccccc3=C1CC2Cc1ccc(Cl)cc1. The third-order valence-electron chi connectivity index (χ3n) is 7.67. The maximum Gasteiger partial charge on any atom is 0.0647 e. The zero-order chi connectivity index (χ0) is 23.5. The second kappa shape index (κ2) is 10.1. The molecule has 0 N–H and O–H groups in total. The van der Waals surface area contributed by atoms with Gasteiger partial charge in [-0.2, -0.15) is 0 Å². The van der Waals surface area contributed by atoms with Crippen LogP contribution < -0.4 is 10.4 Å². The Kier molecular flexibility index (Phi) is 6.95. The van der Waals surface area contributed by atoms with E-state index >= 15 is 0 Å². The zero-order valence-electron chi connectivity index (χ0n) is 20.4. The van der Waals surface area contributed by atoms with Crippen molar-refractivity contribution in [3.63, 3.8) is 0 Å². The molecule has 2 aromatic carbocycles. The molecule has 0 bridgehead atoms. The standard InChI is InChI=1S/C27H27Cl.C5H8O/c1-27(2)15-5-8-23-20(16-18-9-12-21(28)13-10-18)17-25-22-7-4-3-6-19(22)11-14-24(25)26(23)27;1-2-4-6-5-3-1/h3-4,6-13,20H,5,14-17H2,1-2H3;1-2H,3-5H2. The molecule has 0 amide bonds. The Labute approximate surface area is 209 Å². The van der Waals surface area contributed by atoms with Crippen LogP contribution in [0.5, 0.6) is 0 Å². The smallest absolute Gasteiger partial charge is 0.0647 e. The molecule has 0 fully saturated rings. The molecule has 176 valence electrons. The van der Waals surface area contributed by atoms with Crippen molar-refractivity contribution in [1.29, 1.82) is 0 Å². The number of hydrogen-bond donors (Lipinski definition) is 0. The van der Waals surface area contributed by atoms with Gasteiger partial charge in [-0.25, -0.2) is 0 Å². The van der Waals surface area contributed by atoms with Crippen LogP contribution in [-0.4, -0.2) is 13.2 Å². The van der Waals surface area contributed by atoms with Crippen molar-refractivity contribution in [2.24, 2.45) is 11.3 Å². The molecular formula is C32H35ClO. The summed E-state index contributed by atoms with van der Waals surface area (Å²) >= 11 is 6.12. The van der Waals surface area contributed by atoms with Gasteiger partial charge in [0.1, 0.15) is 0 Å². The summed E-state index contributed by atoms with van der Waals surface area (Å²) in [5, 5.41) is 3.69. The summed E-state index contributed by atoms with van der Waals surface area (Å²) in [4.78, 5) is 0. The first-order chi connectivity index (χ1) is 16.5. The van der Waals surface area contributed by atoms with Crippen LogP contribution in [0.4, 0.5) is 0 Å². The minimum absolute atomic E-state index is 0.253. The molecule has 34 heavy (non-hydrogen) atoms. The van der Waals surface area contributed by atoms with Gasteiger partial charge < -0.3 is 4.74 Å². The summed E-state index contributed by atoms with van der Waals surface area (Å²) in [7, 11) is 0. The van der Waals surface area contributed by atoms with Gasteiger partial charge in [-0.15, -0.1) is 0 Å². The topological polar surface area (TPSA) is 9.23 Å². The molecule has 6 rings (SSSR count). The lowest BCUT2D eigenvalue weighted by Crippen LogP contribution is -2.36. The van der Waals surface area contributed by atoms with Crippen LogP contribution in [0.2, 0.25) is 5.02 Å². The fourth-order valence-corrected chi connectivity index (χ4v) is 6.15. The highest BCUT2D eigenvalue weighted by atomic mass is 35.5. The number of hydrogen-bond acceptors (Lipinski definition) is 1. The molecular weight excluding hydrogens is 436 g/mol. The average molecular weight is 471 g/mol. The Morgan fingerprint density at radius 3 is 2.47 bits per heavy atom. The predicted octanol–water partition coefficient (Wildman–Crippen LogP) is 6.94. The van der Waals surface area contributed by atoms with Gasteiger partial charge in [0.15, 0.2) is 0 Å². The number of fused-ring (bicyclic) bond motifs is 3.